The Balaban J connectivity index is 1.68. The monoisotopic (exact) mass is 467 g/mol. The summed E-state index contributed by atoms with van der Waals surface area (Å²) < 4.78 is 57.5. The number of nitrogens with zero attached hydrogens (tertiary/aromatic N) is 3. The molecule has 1 atom stereocenters. The van der Waals surface area contributed by atoms with Crippen LogP contribution in [0.15, 0.2) is 42.5 Å². The Kier molecular flexibility index (Phi) is 8.17. The number of aliphatic hydroxyl groups excluding tert-OH is 1. The van der Waals surface area contributed by atoms with Crippen molar-refractivity contribution >= 4 is 11.0 Å². The van der Waals surface area contributed by atoms with Crippen molar-refractivity contribution in [1.29, 1.82) is 0 Å². The quantitative estimate of drug-likeness (QED) is 0.435. The van der Waals surface area contributed by atoms with Crippen LogP contribution in [0.5, 0.6) is 11.5 Å². The van der Waals surface area contributed by atoms with Gasteiger partial charge in [0.2, 0.25) is 5.82 Å². The number of hydrogen-bond acceptors (Lipinski definition) is 6. The van der Waals surface area contributed by atoms with E-state index in [1.807, 2.05) is 17.0 Å². The van der Waals surface area contributed by atoms with Gasteiger partial charge in [-0.2, -0.15) is 13.2 Å². The number of likely N-dealkylation sites (N-methyl/N-ethyl adjacent to an activating group) is 1. The van der Waals surface area contributed by atoms with Crippen LogP contribution >= 0.6 is 0 Å². The van der Waals surface area contributed by atoms with Gasteiger partial charge < -0.3 is 23.9 Å². The fourth-order valence-electron chi connectivity index (χ4n) is 3.65. The first-order valence-electron chi connectivity index (χ1n) is 10.4. The van der Waals surface area contributed by atoms with E-state index >= 15 is 0 Å². The van der Waals surface area contributed by atoms with Crippen molar-refractivity contribution in [3.8, 4) is 11.5 Å². The van der Waals surface area contributed by atoms with Gasteiger partial charge in [0.15, 0.2) is 11.5 Å². The number of para-hydroxylation sites is 2. The first kappa shape index (κ1) is 24.8. The molecule has 0 spiro atoms. The van der Waals surface area contributed by atoms with Gasteiger partial charge >= 0.3 is 6.18 Å². The van der Waals surface area contributed by atoms with Crippen molar-refractivity contribution in [2.45, 2.75) is 25.4 Å². The lowest BCUT2D eigenvalue weighted by atomic mass is 10.2. The fraction of sp³-hybridized carbons (Fsp3) is 0.435. The lowest BCUT2D eigenvalue weighted by molar-refractivity contribution is -0.147. The van der Waals surface area contributed by atoms with Crippen LogP contribution in [0.2, 0.25) is 0 Å². The van der Waals surface area contributed by atoms with Crippen LogP contribution < -0.4 is 9.47 Å². The zero-order chi connectivity index (χ0) is 24.0. The van der Waals surface area contributed by atoms with E-state index in [1.54, 1.807) is 45.5 Å². The largest absolute Gasteiger partial charge is 0.493 e. The zero-order valence-electron chi connectivity index (χ0n) is 18.8. The van der Waals surface area contributed by atoms with Gasteiger partial charge in [-0.3, -0.25) is 4.90 Å². The summed E-state index contributed by atoms with van der Waals surface area (Å²) in [6.07, 6.45) is -5.66. The maximum Gasteiger partial charge on any atom is 0.449 e. The fourth-order valence-corrected chi connectivity index (χ4v) is 3.65. The van der Waals surface area contributed by atoms with Crippen LogP contribution in [0.4, 0.5) is 13.2 Å². The summed E-state index contributed by atoms with van der Waals surface area (Å²) in [5, 5.41) is 10.6. The van der Waals surface area contributed by atoms with E-state index < -0.39 is 18.1 Å². The van der Waals surface area contributed by atoms with E-state index in [2.05, 4.69) is 4.98 Å². The Bertz CT molecular complexity index is 1060. The van der Waals surface area contributed by atoms with E-state index in [4.69, 9.17) is 14.2 Å². The molecular weight excluding hydrogens is 439 g/mol. The molecular formula is C23H28F3N3O4. The second-order valence-corrected chi connectivity index (χ2v) is 7.71. The van der Waals surface area contributed by atoms with E-state index in [0.29, 0.717) is 36.8 Å². The molecule has 1 N–H and O–H groups in total. The average Bonchev–Trinajstić information content (AvgIpc) is 3.13. The van der Waals surface area contributed by atoms with Crippen LogP contribution in [0, 0.1) is 0 Å². The number of imidazole rings is 1. The normalized spacial score (nSPS) is 13.0. The van der Waals surface area contributed by atoms with Crippen molar-refractivity contribution < 1.29 is 32.5 Å². The Hall–Kier alpha value is -2.82. The van der Waals surface area contributed by atoms with E-state index in [9.17, 15) is 18.3 Å². The average molecular weight is 467 g/mol. The second kappa shape index (κ2) is 10.9. The molecule has 3 aromatic rings. The predicted molar refractivity (Wildman–Crippen MR) is 117 cm³/mol. The minimum Gasteiger partial charge on any atom is -0.493 e. The molecule has 0 amide bonds. The van der Waals surface area contributed by atoms with Crippen molar-refractivity contribution in [2.24, 2.45) is 0 Å². The molecule has 0 unspecified atom stereocenters. The summed E-state index contributed by atoms with van der Waals surface area (Å²) in [5.41, 5.74) is 1.48. The Morgan fingerprint density at radius 3 is 2.55 bits per heavy atom. The van der Waals surface area contributed by atoms with E-state index in [1.165, 1.54) is 6.07 Å². The number of hydrogen-bond donors (Lipinski definition) is 1. The summed E-state index contributed by atoms with van der Waals surface area (Å²) in [5.74, 6) is 0.142. The molecule has 0 aliphatic carbocycles. The number of ether oxygens (including phenoxy) is 3. The summed E-state index contributed by atoms with van der Waals surface area (Å²) >= 11 is 0. The first-order chi connectivity index (χ1) is 15.7. The predicted octanol–water partition coefficient (Wildman–Crippen LogP) is 3.58. The highest BCUT2D eigenvalue weighted by molar-refractivity contribution is 5.76. The van der Waals surface area contributed by atoms with Crippen LogP contribution in [0.3, 0.4) is 0 Å². The van der Waals surface area contributed by atoms with E-state index in [0.717, 1.165) is 10.1 Å². The second-order valence-electron chi connectivity index (χ2n) is 7.71. The van der Waals surface area contributed by atoms with Gasteiger partial charge in [0.1, 0.15) is 6.61 Å². The molecule has 7 nitrogen and oxygen atoms in total. The minimum absolute atomic E-state index is 0.162. The molecule has 0 radical (unpaired) electrons. The van der Waals surface area contributed by atoms with Crippen molar-refractivity contribution in [1.82, 2.24) is 14.5 Å². The van der Waals surface area contributed by atoms with Crippen molar-refractivity contribution in [2.75, 3.05) is 41.0 Å². The number of alkyl halides is 3. The van der Waals surface area contributed by atoms with Gasteiger partial charge in [-0.25, -0.2) is 4.98 Å². The molecule has 0 saturated heterocycles. The number of methoxy groups -OCH3 is 2. The molecule has 10 heteroatoms. The van der Waals surface area contributed by atoms with Gasteiger partial charge in [0.05, 0.1) is 37.4 Å². The molecule has 0 fully saturated rings. The van der Waals surface area contributed by atoms with Gasteiger partial charge in [-0.1, -0.05) is 18.2 Å². The van der Waals surface area contributed by atoms with Crippen LogP contribution in [0.25, 0.3) is 11.0 Å². The first-order valence-corrected chi connectivity index (χ1v) is 10.4. The maximum atomic E-state index is 13.5. The molecule has 2 aromatic carbocycles. The highest BCUT2D eigenvalue weighted by Gasteiger charge is 2.38. The number of aliphatic hydroxyl groups is 1. The zero-order valence-corrected chi connectivity index (χ0v) is 18.8. The smallest absolute Gasteiger partial charge is 0.449 e. The lowest BCUT2D eigenvalue weighted by Crippen LogP contribution is -2.32. The molecule has 1 heterocycles. The lowest BCUT2D eigenvalue weighted by Gasteiger charge is -2.22. The highest BCUT2D eigenvalue weighted by Crippen LogP contribution is 2.32. The molecule has 3 rings (SSSR count). The third-order valence-corrected chi connectivity index (χ3v) is 5.05. The minimum atomic E-state index is -4.62. The van der Waals surface area contributed by atoms with Crippen molar-refractivity contribution in [3.05, 3.63) is 53.9 Å². The summed E-state index contributed by atoms with van der Waals surface area (Å²) in [7, 11) is 4.92. The summed E-state index contributed by atoms with van der Waals surface area (Å²) in [4.78, 5) is 5.55. The number of fused-ring (bicyclic) bond motifs is 1. The van der Waals surface area contributed by atoms with Gasteiger partial charge in [0.25, 0.3) is 0 Å². The summed E-state index contributed by atoms with van der Waals surface area (Å²) in [6.45, 7) is 1.19. The number of benzene rings is 2. The van der Waals surface area contributed by atoms with Gasteiger partial charge in [-0.05, 0) is 36.9 Å². The third kappa shape index (κ3) is 6.37. The van der Waals surface area contributed by atoms with Crippen LogP contribution in [-0.2, 0) is 24.0 Å². The number of halogens is 3. The van der Waals surface area contributed by atoms with Crippen LogP contribution in [0.1, 0.15) is 11.4 Å². The Morgan fingerprint density at radius 2 is 1.85 bits per heavy atom. The molecule has 180 valence electrons. The van der Waals surface area contributed by atoms with Crippen molar-refractivity contribution in [3.63, 3.8) is 0 Å². The Morgan fingerprint density at radius 1 is 1.09 bits per heavy atom. The Labute approximate surface area is 190 Å². The standard InChI is InChI=1S/C23H28F3N3O4/c1-28(13-16-8-9-20(32-3)21(12-16)33-11-10-31-2)14-17(30)15-29-19-7-5-4-6-18(19)27-22(29)23(24,25)26/h4-9,12,17,30H,10-11,13-15H2,1-3H3/t17-/m1/s1. The van der Waals surface area contributed by atoms with Crippen LogP contribution in [-0.4, -0.2) is 66.7 Å². The molecule has 0 aliphatic rings. The third-order valence-electron chi connectivity index (χ3n) is 5.05. The highest BCUT2D eigenvalue weighted by atomic mass is 19.4. The topological polar surface area (TPSA) is 69.0 Å². The SMILES string of the molecule is COCCOc1cc(CN(C)C[C@@H](O)Cn2c(C(F)(F)F)nc3ccccc32)ccc1OC. The molecule has 0 bridgehead atoms. The van der Waals surface area contributed by atoms with Gasteiger partial charge in [-0.15, -0.1) is 0 Å². The van der Waals surface area contributed by atoms with E-state index in [-0.39, 0.29) is 18.6 Å². The molecule has 0 aliphatic heterocycles. The number of aromatic nitrogens is 2. The molecule has 1 aromatic heterocycles. The molecule has 0 saturated carbocycles. The van der Waals surface area contributed by atoms with Gasteiger partial charge in [0, 0.05) is 20.2 Å². The molecule has 33 heavy (non-hydrogen) atoms. The maximum absolute atomic E-state index is 13.5. The summed E-state index contributed by atoms with van der Waals surface area (Å²) in [6, 6.07) is 11.9. The number of rotatable bonds is 11.